The van der Waals surface area contributed by atoms with Crippen LogP contribution >= 0.6 is 22.6 Å². The van der Waals surface area contributed by atoms with E-state index < -0.39 is 0 Å². The second-order valence-electron chi connectivity index (χ2n) is 4.92. The van der Waals surface area contributed by atoms with Crippen molar-refractivity contribution in [2.24, 2.45) is 11.7 Å². The standard InChI is InChI=1S/C15H23FIN/c1-3-5-6-11(4-2)9-15(18)13-8-7-12(16)10-14(13)17/h7-8,10-11,15H,3-6,9,18H2,1-2H3. The van der Waals surface area contributed by atoms with E-state index in [-0.39, 0.29) is 11.9 Å². The van der Waals surface area contributed by atoms with Gasteiger partial charge < -0.3 is 5.73 Å². The summed E-state index contributed by atoms with van der Waals surface area (Å²) in [5.41, 5.74) is 7.34. The lowest BCUT2D eigenvalue weighted by Gasteiger charge is -2.20. The number of unbranched alkanes of at least 4 members (excludes halogenated alkanes) is 1. The fourth-order valence-electron chi connectivity index (χ4n) is 2.27. The normalized spacial score (nSPS) is 14.5. The molecule has 2 atom stereocenters. The second-order valence-corrected chi connectivity index (χ2v) is 6.09. The Morgan fingerprint density at radius 3 is 2.61 bits per heavy atom. The van der Waals surface area contributed by atoms with Gasteiger partial charge in [-0.25, -0.2) is 4.39 Å². The van der Waals surface area contributed by atoms with Gasteiger partial charge in [-0.1, -0.05) is 45.6 Å². The Balaban J connectivity index is 2.65. The van der Waals surface area contributed by atoms with Crippen LogP contribution in [0.25, 0.3) is 0 Å². The summed E-state index contributed by atoms with van der Waals surface area (Å²) >= 11 is 2.17. The maximum absolute atomic E-state index is 13.1. The highest BCUT2D eigenvalue weighted by atomic mass is 127. The Morgan fingerprint density at radius 1 is 1.33 bits per heavy atom. The summed E-state index contributed by atoms with van der Waals surface area (Å²) < 4.78 is 14.0. The maximum atomic E-state index is 13.1. The van der Waals surface area contributed by atoms with Crippen LogP contribution in [-0.2, 0) is 0 Å². The highest BCUT2D eigenvalue weighted by Gasteiger charge is 2.15. The summed E-state index contributed by atoms with van der Waals surface area (Å²) in [5, 5.41) is 0. The van der Waals surface area contributed by atoms with Gasteiger partial charge in [0.05, 0.1) is 0 Å². The molecule has 0 spiro atoms. The van der Waals surface area contributed by atoms with Crippen LogP contribution < -0.4 is 5.73 Å². The average molecular weight is 363 g/mol. The van der Waals surface area contributed by atoms with E-state index in [0.717, 1.165) is 15.6 Å². The fourth-order valence-corrected chi connectivity index (χ4v) is 3.15. The summed E-state index contributed by atoms with van der Waals surface area (Å²) in [6.45, 7) is 4.44. The van der Waals surface area contributed by atoms with E-state index in [4.69, 9.17) is 5.73 Å². The first kappa shape index (κ1) is 15.9. The van der Waals surface area contributed by atoms with Crippen molar-refractivity contribution in [2.75, 3.05) is 0 Å². The molecule has 2 unspecified atom stereocenters. The highest BCUT2D eigenvalue weighted by molar-refractivity contribution is 14.1. The molecule has 0 aliphatic heterocycles. The first-order valence-electron chi connectivity index (χ1n) is 6.79. The maximum Gasteiger partial charge on any atom is 0.124 e. The van der Waals surface area contributed by atoms with E-state index >= 15 is 0 Å². The minimum absolute atomic E-state index is 0.0271. The Morgan fingerprint density at radius 2 is 2.06 bits per heavy atom. The van der Waals surface area contributed by atoms with E-state index in [1.807, 2.05) is 6.07 Å². The molecule has 1 rings (SSSR count). The van der Waals surface area contributed by atoms with E-state index in [9.17, 15) is 4.39 Å². The first-order valence-corrected chi connectivity index (χ1v) is 7.86. The molecule has 0 aliphatic rings. The van der Waals surface area contributed by atoms with Crippen LogP contribution in [0.3, 0.4) is 0 Å². The van der Waals surface area contributed by atoms with Gasteiger partial charge >= 0.3 is 0 Å². The molecule has 0 fully saturated rings. The molecule has 0 radical (unpaired) electrons. The monoisotopic (exact) mass is 363 g/mol. The molecule has 0 aliphatic carbocycles. The molecule has 0 amide bonds. The van der Waals surface area contributed by atoms with Gasteiger partial charge in [-0.05, 0) is 52.6 Å². The quantitative estimate of drug-likeness (QED) is 0.675. The van der Waals surface area contributed by atoms with Crippen molar-refractivity contribution in [1.29, 1.82) is 0 Å². The molecule has 1 nitrogen and oxygen atoms in total. The molecule has 18 heavy (non-hydrogen) atoms. The zero-order chi connectivity index (χ0) is 13.5. The topological polar surface area (TPSA) is 26.0 Å². The zero-order valence-corrected chi connectivity index (χ0v) is 13.4. The number of hydrogen-bond donors (Lipinski definition) is 1. The molecule has 2 N–H and O–H groups in total. The van der Waals surface area contributed by atoms with Crippen LogP contribution in [0, 0.1) is 15.3 Å². The van der Waals surface area contributed by atoms with Crippen molar-refractivity contribution in [2.45, 2.75) is 52.0 Å². The minimum Gasteiger partial charge on any atom is -0.324 e. The van der Waals surface area contributed by atoms with Crippen molar-refractivity contribution >= 4 is 22.6 Å². The number of halogens is 2. The van der Waals surface area contributed by atoms with Gasteiger partial charge in [-0.2, -0.15) is 0 Å². The highest BCUT2D eigenvalue weighted by Crippen LogP contribution is 2.28. The summed E-state index contributed by atoms with van der Waals surface area (Å²) in [4.78, 5) is 0. The van der Waals surface area contributed by atoms with Crippen molar-refractivity contribution in [3.63, 3.8) is 0 Å². The Hall–Kier alpha value is -0.160. The predicted molar refractivity (Wildman–Crippen MR) is 84.0 cm³/mol. The molecule has 3 heteroatoms. The Bertz CT molecular complexity index is 368. The Labute approximate surface area is 123 Å². The summed E-state index contributed by atoms with van der Waals surface area (Å²) in [6, 6.07) is 4.92. The molecule has 0 aromatic heterocycles. The predicted octanol–water partition coefficient (Wildman–Crippen LogP) is 5.04. The van der Waals surface area contributed by atoms with Gasteiger partial charge in [0.25, 0.3) is 0 Å². The minimum atomic E-state index is -0.187. The van der Waals surface area contributed by atoms with Gasteiger partial charge in [-0.15, -0.1) is 0 Å². The zero-order valence-electron chi connectivity index (χ0n) is 11.3. The van der Waals surface area contributed by atoms with Gasteiger partial charge in [0.1, 0.15) is 5.82 Å². The fraction of sp³-hybridized carbons (Fsp3) is 0.600. The smallest absolute Gasteiger partial charge is 0.124 e. The SMILES string of the molecule is CCCCC(CC)CC(N)c1ccc(F)cc1I. The van der Waals surface area contributed by atoms with Gasteiger partial charge in [-0.3, -0.25) is 0 Å². The molecule has 102 valence electrons. The van der Waals surface area contributed by atoms with Gasteiger partial charge in [0.15, 0.2) is 0 Å². The van der Waals surface area contributed by atoms with Crippen LogP contribution in [0.1, 0.15) is 57.6 Å². The summed E-state index contributed by atoms with van der Waals surface area (Å²) in [5.74, 6) is 0.495. The molecular formula is C15H23FIN. The number of rotatable bonds is 7. The third kappa shape index (κ3) is 4.84. The van der Waals surface area contributed by atoms with E-state index in [1.54, 1.807) is 6.07 Å². The van der Waals surface area contributed by atoms with Crippen LogP contribution in [0.15, 0.2) is 18.2 Å². The summed E-state index contributed by atoms with van der Waals surface area (Å²) in [7, 11) is 0. The Kier molecular flexibility index (Phi) is 7.15. The lowest BCUT2D eigenvalue weighted by atomic mass is 9.90. The number of nitrogens with two attached hydrogens (primary N) is 1. The van der Waals surface area contributed by atoms with Crippen molar-refractivity contribution in [1.82, 2.24) is 0 Å². The lowest BCUT2D eigenvalue weighted by molar-refractivity contribution is 0.388. The molecule has 0 saturated carbocycles. The third-order valence-corrected chi connectivity index (χ3v) is 4.43. The molecular weight excluding hydrogens is 340 g/mol. The third-order valence-electron chi connectivity index (χ3n) is 3.49. The van der Waals surface area contributed by atoms with E-state index in [1.165, 1.54) is 31.7 Å². The lowest BCUT2D eigenvalue weighted by Crippen LogP contribution is -2.16. The van der Waals surface area contributed by atoms with Crippen LogP contribution in [0.5, 0.6) is 0 Å². The van der Waals surface area contributed by atoms with Gasteiger partial charge in [0, 0.05) is 9.61 Å². The first-order chi connectivity index (χ1) is 8.58. The van der Waals surface area contributed by atoms with E-state index in [0.29, 0.717) is 5.92 Å². The van der Waals surface area contributed by atoms with Crippen molar-refractivity contribution in [3.05, 3.63) is 33.1 Å². The number of benzene rings is 1. The molecule has 0 bridgehead atoms. The van der Waals surface area contributed by atoms with Gasteiger partial charge in [0.2, 0.25) is 0 Å². The van der Waals surface area contributed by atoms with Crippen LogP contribution in [-0.4, -0.2) is 0 Å². The largest absolute Gasteiger partial charge is 0.324 e. The average Bonchev–Trinajstić information content (AvgIpc) is 2.34. The second kappa shape index (κ2) is 8.10. The molecule has 0 saturated heterocycles. The van der Waals surface area contributed by atoms with Crippen molar-refractivity contribution < 1.29 is 4.39 Å². The van der Waals surface area contributed by atoms with Crippen molar-refractivity contribution in [3.8, 4) is 0 Å². The molecule has 0 heterocycles. The molecule has 1 aromatic carbocycles. The molecule has 1 aromatic rings. The van der Waals surface area contributed by atoms with Crippen LogP contribution in [0.2, 0.25) is 0 Å². The summed E-state index contributed by atoms with van der Waals surface area (Å²) in [6.07, 6.45) is 5.92. The van der Waals surface area contributed by atoms with Crippen LogP contribution in [0.4, 0.5) is 4.39 Å². The van der Waals surface area contributed by atoms with E-state index in [2.05, 4.69) is 36.4 Å². The number of hydrogen-bond acceptors (Lipinski definition) is 1.